The predicted octanol–water partition coefficient (Wildman–Crippen LogP) is 11.1. The normalized spacial score (nSPS) is 12.3. The van der Waals surface area contributed by atoms with Crippen LogP contribution in [0.5, 0.6) is 23.0 Å². The fourth-order valence-corrected chi connectivity index (χ4v) is 5.57. The highest BCUT2D eigenvalue weighted by Gasteiger charge is 2.72. The minimum atomic E-state index is -5.73. The SMILES string of the molecule is C[Si](C)(C)C#Cc1ccc(Oc2ccc(C(c3ccc(Oc4ccc(C#C[Si](C)(C)C)cc4)cc3)(C(F)(F)F)C(F)(F)F)cc2)cc1. The molecule has 0 aliphatic rings. The molecule has 0 spiro atoms. The zero-order valence-electron chi connectivity index (χ0n) is 26.8. The Morgan fingerprint density at radius 1 is 0.426 bits per heavy atom. The van der Waals surface area contributed by atoms with Crippen molar-refractivity contribution in [2.45, 2.75) is 57.0 Å². The molecule has 0 radical (unpaired) electrons. The van der Waals surface area contributed by atoms with E-state index in [0.717, 1.165) is 59.7 Å². The maximum Gasteiger partial charge on any atom is 0.411 e. The molecule has 0 saturated carbocycles. The summed E-state index contributed by atoms with van der Waals surface area (Å²) in [5.74, 6) is 7.08. The molecule has 4 rings (SSSR count). The second-order valence-electron chi connectivity index (χ2n) is 13.0. The summed E-state index contributed by atoms with van der Waals surface area (Å²) in [4.78, 5) is 0. The minimum absolute atomic E-state index is 0.0779. The van der Waals surface area contributed by atoms with E-state index in [1.807, 2.05) is 0 Å². The van der Waals surface area contributed by atoms with Crippen LogP contribution in [-0.2, 0) is 5.41 Å². The highest BCUT2D eigenvalue weighted by molar-refractivity contribution is 6.84. The molecule has 10 heteroatoms. The number of hydrogen-bond acceptors (Lipinski definition) is 2. The van der Waals surface area contributed by atoms with E-state index >= 15 is 0 Å². The summed E-state index contributed by atoms with van der Waals surface area (Å²) in [5.41, 5.74) is 1.74. The Labute approximate surface area is 273 Å². The van der Waals surface area contributed by atoms with Crippen molar-refractivity contribution in [2.24, 2.45) is 0 Å². The molecule has 0 aliphatic carbocycles. The second kappa shape index (κ2) is 13.4. The molecule has 4 aromatic rings. The molecule has 0 aliphatic heterocycles. The van der Waals surface area contributed by atoms with E-state index in [1.54, 1.807) is 48.5 Å². The smallest absolute Gasteiger partial charge is 0.411 e. The van der Waals surface area contributed by atoms with Crippen molar-refractivity contribution in [3.63, 3.8) is 0 Å². The van der Waals surface area contributed by atoms with Crippen molar-refractivity contribution in [2.75, 3.05) is 0 Å². The summed E-state index contributed by atoms with van der Waals surface area (Å²) >= 11 is 0. The van der Waals surface area contributed by atoms with Gasteiger partial charge in [-0.15, -0.1) is 11.1 Å². The molecule has 0 atom stereocenters. The molecule has 0 fully saturated rings. The molecular formula is C37H34F6O2Si2. The van der Waals surface area contributed by atoms with Crippen LogP contribution in [0.2, 0.25) is 39.3 Å². The molecular weight excluding hydrogens is 647 g/mol. The molecule has 0 heterocycles. The third-order valence-electron chi connectivity index (χ3n) is 6.77. The largest absolute Gasteiger partial charge is 0.457 e. The lowest BCUT2D eigenvalue weighted by atomic mass is 9.73. The van der Waals surface area contributed by atoms with Crippen LogP contribution in [0.3, 0.4) is 0 Å². The van der Waals surface area contributed by atoms with E-state index in [1.165, 1.54) is 0 Å². The van der Waals surface area contributed by atoms with Gasteiger partial charge in [0.1, 0.15) is 39.1 Å². The van der Waals surface area contributed by atoms with Crippen molar-refractivity contribution in [1.82, 2.24) is 0 Å². The van der Waals surface area contributed by atoms with Crippen LogP contribution >= 0.6 is 0 Å². The second-order valence-corrected chi connectivity index (χ2v) is 22.5. The third-order valence-corrected chi connectivity index (χ3v) is 8.52. The van der Waals surface area contributed by atoms with Crippen LogP contribution in [0.25, 0.3) is 0 Å². The van der Waals surface area contributed by atoms with Gasteiger partial charge in [0.05, 0.1) is 0 Å². The van der Waals surface area contributed by atoms with Gasteiger partial charge in [-0.05, 0) is 83.9 Å². The Morgan fingerprint density at radius 3 is 0.915 bits per heavy atom. The summed E-state index contributed by atoms with van der Waals surface area (Å²) in [6, 6.07) is 21.0. The lowest BCUT2D eigenvalue weighted by Crippen LogP contribution is -2.54. The number of halogens is 6. The molecule has 2 nitrogen and oxygen atoms in total. The fraction of sp³-hybridized carbons (Fsp3) is 0.243. The summed E-state index contributed by atoms with van der Waals surface area (Å²) < 4.78 is 99.5. The molecule has 0 unspecified atom stereocenters. The van der Waals surface area contributed by atoms with Gasteiger partial charge in [0.15, 0.2) is 0 Å². The van der Waals surface area contributed by atoms with E-state index in [4.69, 9.17) is 9.47 Å². The number of ether oxygens (including phenoxy) is 2. The molecule has 47 heavy (non-hydrogen) atoms. The van der Waals surface area contributed by atoms with Gasteiger partial charge in [-0.1, -0.05) is 75.4 Å². The van der Waals surface area contributed by atoms with Crippen LogP contribution < -0.4 is 9.47 Å². The zero-order valence-corrected chi connectivity index (χ0v) is 28.8. The standard InChI is InChI=1S/C37H34F6O2Si2/c1-46(2,3)25-23-27-7-15-31(16-8-27)44-33-19-11-29(12-20-33)35(36(38,39)40,37(41,42)43)30-13-21-34(22-14-30)45-32-17-9-28(10-18-32)24-26-47(4,5)6/h7-22H,1-6H3. The lowest BCUT2D eigenvalue weighted by Gasteiger charge is -2.38. The topological polar surface area (TPSA) is 18.5 Å². The van der Waals surface area contributed by atoms with Crippen molar-refractivity contribution < 1.29 is 35.8 Å². The molecule has 0 N–H and O–H groups in total. The minimum Gasteiger partial charge on any atom is -0.457 e. The Morgan fingerprint density at radius 2 is 0.681 bits per heavy atom. The average molecular weight is 681 g/mol. The molecule has 0 amide bonds. The van der Waals surface area contributed by atoms with E-state index < -0.39 is 45.0 Å². The van der Waals surface area contributed by atoms with Crippen LogP contribution in [0.4, 0.5) is 26.3 Å². The Hall–Kier alpha value is -4.39. The average Bonchev–Trinajstić information content (AvgIpc) is 2.96. The highest BCUT2D eigenvalue weighted by Crippen LogP contribution is 2.56. The Bertz CT molecular complexity index is 1650. The van der Waals surface area contributed by atoms with Crippen LogP contribution in [-0.4, -0.2) is 28.5 Å². The molecule has 244 valence electrons. The van der Waals surface area contributed by atoms with Crippen molar-refractivity contribution >= 4 is 16.1 Å². The summed E-state index contributed by atoms with van der Waals surface area (Å²) in [6.07, 6.45) is -11.5. The van der Waals surface area contributed by atoms with Gasteiger partial charge < -0.3 is 9.47 Å². The van der Waals surface area contributed by atoms with Crippen LogP contribution in [0.1, 0.15) is 22.3 Å². The third kappa shape index (κ3) is 8.91. The fourth-order valence-electron chi connectivity index (χ4n) is 4.53. The van der Waals surface area contributed by atoms with Gasteiger partial charge in [0.2, 0.25) is 5.41 Å². The highest BCUT2D eigenvalue weighted by atomic mass is 28.3. The first kappa shape index (κ1) is 35.5. The monoisotopic (exact) mass is 680 g/mol. The van der Waals surface area contributed by atoms with E-state index in [9.17, 15) is 26.3 Å². The first-order valence-electron chi connectivity index (χ1n) is 14.7. The van der Waals surface area contributed by atoms with Gasteiger partial charge in [-0.3, -0.25) is 0 Å². The van der Waals surface area contributed by atoms with Crippen molar-refractivity contribution in [3.05, 3.63) is 119 Å². The Balaban J connectivity index is 1.60. The maximum atomic E-state index is 14.7. The first-order chi connectivity index (χ1) is 21.8. The number of benzene rings is 4. The molecule has 0 saturated heterocycles. The van der Waals surface area contributed by atoms with Crippen LogP contribution in [0.15, 0.2) is 97.1 Å². The summed E-state index contributed by atoms with van der Waals surface area (Å²) in [7, 11) is -3.15. The molecule has 0 bridgehead atoms. The molecule has 4 aromatic carbocycles. The van der Waals surface area contributed by atoms with Crippen molar-refractivity contribution in [1.29, 1.82) is 0 Å². The zero-order chi connectivity index (χ0) is 34.7. The van der Waals surface area contributed by atoms with Gasteiger partial charge in [-0.25, -0.2) is 0 Å². The van der Waals surface area contributed by atoms with Gasteiger partial charge in [-0.2, -0.15) is 26.3 Å². The first-order valence-corrected chi connectivity index (χ1v) is 21.7. The quantitative estimate of drug-likeness (QED) is 0.115. The van der Waals surface area contributed by atoms with Crippen LogP contribution in [0, 0.1) is 22.9 Å². The van der Waals surface area contributed by atoms with Gasteiger partial charge >= 0.3 is 12.4 Å². The van der Waals surface area contributed by atoms with Gasteiger partial charge in [0, 0.05) is 11.1 Å². The van der Waals surface area contributed by atoms with E-state index in [-0.39, 0.29) is 11.5 Å². The van der Waals surface area contributed by atoms with Crippen molar-refractivity contribution in [3.8, 4) is 45.9 Å². The maximum absolute atomic E-state index is 14.7. The summed E-state index contributed by atoms with van der Waals surface area (Å²) in [5, 5.41) is 0. The summed E-state index contributed by atoms with van der Waals surface area (Å²) in [6.45, 7) is 12.7. The van der Waals surface area contributed by atoms with E-state index in [2.05, 4.69) is 62.2 Å². The number of rotatable bonds is 6. The molecule has 0 aromatic heterocycles. The number of hydrogen-bond donors (Lipinski definition) is 0. The van der Waals surface area contributed by atoms with E-state index in [0.29, 0.717) is 11.5 Å². The predicted molar refractivity (Wildman–Crippen MR) is 179 cm³/mol. The van der Waals surface area contributed by atoms with Gasteiger partial charge in [0.25, 0.3) is 0 Å². The number of alkyl halides is 6. The Kier molecular flexibility index (Phi) is 10.1. The lowest BCUT2D eigenvalue weighted by molar-refractivity contribution is -0.288.